The van der Waals surface area contributed by atoms with Crippen molar-refractivity contribution in [3.63, 3.8) is 0 Å². The van der Waals surface area contributed by atoms with Gasteiger partial charge in [-0.3, -0.25) is 0 Å². The Bertz CT molecular complexity index is 865. The highest BCUT2D eigenvalue weighted by Crippen LogP contribution is 2.38. The van der Waals surface area contributed by atoms with E-state index >= 15 is 0 Å². The van der Waals surface area contributed by atoms with Crippen LogP contribution in [0.2, 0.25) is 23.4 Å². The lowest BCUT2D eigenvalue weighted by Crippen LogP contribution is -2.45. The van der Waals surface area contributed by atoms with E-state index in [1.54, 1.807) is 7.11 Å². The summed E-state index contributed by atoms with van der Waals surface area (Å²) < 4.78 is 13.6. The van der Waals surface area contributed by atoms with Crippen LogP contribution in [0.5, 0.6) is 0 Å². The van der Waals surface area contributed by atoms with Crippen molar-refractivity contribution in [3.8, 4) is 0 Å². The molecule has 162 valence electrons. The molecule has 7 nitrogen and oxygen atoms in total. The first-order valence-corrected chi connectivity index (χ1v) is 13.6. The molecule has 1 saturated heterocycles. The fraction of sp³-hybridized carbons (Fsp3) is 0.750. The van der Waals surface area contributed by atoms with Crippen LogP contribution in [-0.2, 0) is 15.7 Å². The minimum Gasteiger partial charge on any atom is -0.415 e. The molecule has 9 heteroatoms. The second-order valence-corrected chi connectivity index (χ2v) is 14.5. The van der Waals surface area contributed by atoms with Gasteiger partial charge in [0.1, 0.15) is 5.82 Å². The maximum atomic E-state index is 6.54. The average molecular weight is 440 g/mol. The number of hydrogen-bond donors (Lipinski definition) is 0. The lowest BCUT2D eigenvalue weighted by Gasteiger charge is -2.38. The molecule has 0 aliphatic carbocycles. The van der Waals surface area contributed by atoms with Crippen LogP contribution in [0, 0.1) is 6.92 Å². The van der Waals surface area contributed by atoms with Crippen molar-refractivity contribution in [2.24, 2.45) is 0 Å². The summed E-state index contributed by atoms with van der Waals surface area (Å²) in [5.41, 5.74) is 1.68. The van der Waals surface area contributed by atoms with Gasteiger partial charge < -0.3 is 14.1 Å². The summed E-state index contributed by atoms with van der Waals surface area (Å²) in [5, 5.41) is 6.09. The molecule has 0 saturated carbocycles. The highest BCUT2D eigenvalue weighted by Gasteiger charge is 2.39. The molecule has 1 aliphatic heterocycles. The van der Waals surface area contributed by atoms with E-state index in [0.29, 0.717) is 19.2 Å². The van der Waals surface area contributed by atoms with Crippen molar-refractivity contribution in [2.45, 2.75) is 71.3 Å². The standard InChI is InChI=1S/C20H34ClN5O2Si/c1-14-16-17(22-19(21)23-18(16)26(24-14)11-12-27-5)25-10-8-9-15(25)13-28-29(6,7)20(2,3)4/h15H,8-13H2,1-7H3/t15-/m0/s1. The fourth-order valence-corrected chi connectivity index (χ4v) is 4.75. The molecule has 1 aliphatic rings. The van der Waals surface area contributed by atoms with Crippen molar-refractivity contribution in [1.82, 2.24) is 19.7 Å². The fourth-order valence-electron chi connectivity index (χ4n) is 3.55. The number of ether oxygens (including phenoxy) is 1. The minimum absolute atomic E-state index is 0.195. The number of anilines is 1. The molecule has 0 spiro atoms. The quantitative estimate of drug-likeness (QED) is 0.469. The Kier molecular flexibility index (Phi) is 6.58. The Morgan fingerprint density at radius 2 is 1.97 bits per heavy atom. The highest BCUT2D eigenvalue weighted by molar-refractivity contribution is 6.74. The predicted molar refractivity (Wildman–Crippen MR) is 120 cm³/mol. The topological polar surface area (TPSA) is 65.3 Å². The Morgan fingerprint density at radius 3 is 2.62 bits per heavy atom. The summed E-state index contributed by atoms with van der Waals surface area (Å²) in [5.74, 6) is 0.877. The van der Waals surface area contributed by atoms with E-state index in [4.69, 9.17) is 20.8 Å². The number of nitrogens with zero attached hydrogens (tertiary/aromatic N) is 5. The monoisotopic (exact) mass is 439 g/mol. The van der Waals surface area contributed by atoms with E-state index in [2.05, 4.69) is 53.8 Å². The molecule has 2 aromatic rings. The number of methoxy groups -OCH3 is 1. The van der Waals surface area contributed by atoms with Crippen LogP contribution in [0.4, 0.5) is 5.82 Å². The van der Waals surface area contributed by atoms with Gasteiger partial charge in [0.25, 0.3) is 0 Å². The van der Waals surface area contributed by atoms with Crippen molar-refractivity contribution in [3.05, 3.63) is 11.0 Å². The summed E-state index contributed by atoms with van der Waals surface area (Å²) in [4.78, 5) is 11.5. The molecule has 0 unspecified atom stereocenters. The third kappa shape index (κ3) is 4.60. The van der Waals surface area contributed by atoms with Crippen LogP contribution < -0.4 is 4.90 Å². The lowest BCUT2D eigenvalue weighted by atomic mass is 10.2. The van der Waals surface area contributed by atoms with Gasteiger partial charge >= 0.3 is 0 Å². The Balaban J connectivity index is 1.91. The van der Waals surface area contributed by atoms with Crippen LogP contribution in [0.1, 0.15) is 39.3 Å². The number of rotatable bonds is 7. The van der Waals surface area contributed by atoms with Gasteiger partial charge in [0, 0.05) is 13.7 Å². The van der Waals surface area contributed by atoms with Gasteiger partial charge in [0.2, 0.25) is 5.28 Å². The first-order valence-electron chi connectivity index (χ1n) is 10.4. The van der Waals surface area contributed by atoms with Gasteiger partial charge in [-0.1, -0.05) is 20.8 Å². The van der Waals surface area contributed by atoms with Crippen molar-refractivity contribution >= 4 is 36.8 Å². The van der Waals surface area contributed by atoms with E-state index in [0.717, 1.165) is 48.5 Å². The number of aryl methyl sites for hydroxylation is 1. The van der Waals surface area contributed by atoms with E-state index in [1.165, 1.54) is 0 Å². The molecule has 0 aromatic carbocycles. The maximum absolute atomic E-state index is 6.54. The second kappa shape index (κ2) is 8.49. The summed E-state index contributed by atoms with van der Waals surface area (Å²) in [6, 6.07) is 0.292. The Hall–Kier alpha value is -1.22. The average Bonchev–Trinajstić information content (AvgIpc) is 3.21. The van der Waals surface area contributed by atoms with Crippen LogP contribution in [0.15, 0.2) is 0 Å². The smallest absolute Gasteiger partial charge is 0.226 e. The summed E-state index contributed by atoms with van der Waals surface area (Å²) in [6.07, 6.45) is 2.21. The number of fused-ring (bicyclic) bond motifs is 1. The van der Waals surface area contributed by atoms with Crippen molar-refractivity contribution in [2.75, 3.05) is 31.8 Å². The van der Waals surface area contributed by atoms with Gasteiger partial charge in [-0.05, 0) is 49.5 Å². The maximum Gasteiger partial charge on any atom is 0.226 e. The zero-order valence-electron chi connectivity index (χ0n) is 18.8. The van der Waals surface area contributed by atoms with Crippen LogP contribution >= 0.6 is 11.6 Å². The van der Waals surface area contributed by atoms with Gasteiger partial charge in [-0.15, -0.1) is 0 Å². The lowest BCUT2D eigenvalue weighted by molar-refractivity contribution is 0.184. The largest absolute Gasteiger partial charge is 0.415 e. The molecule has 0 amide bonds. The van der Waals surface area contributed by atoms with E-state index in [1.807, 2.05) is 11.6 Å². The number of aromatic nitrogens is 4. The van der Waals surface area contributed by atoms with E-state index in [9.17, 15) is 0 Å². The molecular weight excluding hydrogens is 406 g/mol. The molecule has 3 rings (SSSR count). The van der Waals surface area contributed by atoms with Gasteiger partial charge in [-0.25, -0.2) is 4.68 Å². The third-order valence-electron chi connectivity index (χ3n) is 6.32. The van der Waals surface area contributed by atoms with E-state index < -0.39 is 8.32 Å². The van der Waals surface area contributed by atoms with Crippen molar-refractivity contribution < 1.29 is 9.16 Å². The first-order chi connectivity index (χ1) is 13.5. The van der Waals surface area contributed by atoms with Gasteiger partial charge in [-0.2, -0.15) is 15.1 Å². The molecule has 3 heterocycles. The normalized spacial score (nSPS) is 18.2. The van der Waals surface area contributed by atoms with E-state index in [-0.39, 0.29) is 10.3 Å². The molecule has 0 radical (unpaired) electrons. The van der Waals surface area contributed by atoms with Crippen molar-refractivity contribution in [1.29, 1.82) is 0 Å². The molecule has 1 fully saturated rings. The first kappa shape index (κ1) is 22.5. The zero-order chi connectivity index (χ0) is 21.4. The molecule has 29 heavy (non-hydrogen) atoms. The zero-order valence-corrected chi connectivity index (χ0v) is 20.5. The Labute approximate surface area is 179 Å². The number of hydrogen-bond acceptors (Lipinski definition) is 6. The molecule has 1 atom stereocenters. The molecular formula is C20H34ClN5O2Si. The summed E-state index contributed by atoms with van der Waals surface area (Å²) in [7, 11) is -0.121. The SMILES string of the molecule is COCCn1nc(C)c2c(N3CCC[C@H]3CO[Si](C)(C)C(C)(C)C)nc(Cl)nc21. The number of halogens is 1. The van der Waals surface area contributed by atoms with Gasteiger partial charge in [0.05, 0.1) is 36.9 Å². The summed E-state index contributed by atoms with van der Waals surface area (Å²) in [6.45, 7) is 16.3. The van der Waals surface area contributed by atoms with Crippen LogP contribution in [-0.4, -0.2) is 61.0 Å². The van der Waals surface area contributed by atoms with Gasteiger partial charge in [0.15, 0.2) is 14.0 Å². The molecule has 2 aromatic heterocycles. The minimum atomic E-state index is -1.81. The third-order valence-corrected chi connectivity index (χ3v) is 11.0. The highest BCUT2D eigenvalue weighted by atomic mass is 35.5. The van der Waals surface area contributed by atoms with Crippen LogP contribution in [0.25, 0.3) is 11.0 Å². The predicted octanol–water partition coefficient (Wildman–Crippen LogP) is 4.43. The Morgan fingerprint density at radius 1 is 1.24 bits per heavy atom. The van der Waals surface area contributed by atoms with Crippen LogP contribution in [0.3, 0.4) is 0 Å². The summed E-state index contributed by atoms with van der Waals surface area (Å²) >= 11 is 6.33. The molecule has 0 N–H and O–H groups in total. The second-order valence-electron chi connectivity index (χ2n) is 9.38. The molecule has 0 bridgehead atoms.